The Morgan fingerprint density at radius 3 is 2.26 bits per heavy atom. The van der Waals surface area contributed by atoms with Gasteiger partial charge in [-0.15, -0.1) is 0 Å². The maximum absolute atomic E-state index is 14.4. The molecule has 0 spiro atoms. The van der Waals surface area contributed by atoms with Crippen molar-refractivity contribution in [1.29, 1.82) is 0 Å². The SMILES string of the molecule is Cc1c2cc(n1C)-c1cc(Cl)ccc1C(=O)N1CCC(CC1)COCCOCCOc1ncc(cn1)N(c1ccc(O)cc1)C2=O. The number of aromatic hydroxyl groups is 1. The number of hydrogen-bond acceptors (Lipinski definition) is 8. The first kappa shape index (κ1) is 31.5. The van der Waals surface area contributed by atoms with E-state index in [4.69, 9.17) is 25.8 Å². The Balaban J connectivity index is 1.41. The predicted octanol–water partition coefficient (Wildman–Crippen LogP) is 5.41. The van der Waals surface area contributed by atoms with E-state index < -0.39 is 0 Å². The zero-order chi connectivity index (χ0) is 32.2. The maximum Gasteiger partial charge on any atom is 0.316 e. The molecule has 1 saturated heterocycles. The Bertz CT molecular complexity index is 1700. The molecule has 7 heterocycles. The van der Waals surface area contributed by atoms with E-state index in [2.05, 4.69) is 9.97 Å². The van der Waals surface area contributed by atoms with Gasteiger partial charge < -0.3 is 28.8 Å². The first-order valence-corrected chi connectivity index (χ1v) is 15.7. The first-order valence-electron chi connectivity index (χ1n) is 15.3. The molecule has 9 rings (SSSR count). The van der Waals surface area contributed by atoms with E-state index in [1.54, 1.807) is 36.4 Å². The van der Waals surface area contributed by atoms with Gasteiger partial charge in [0.25, 0.3) is 11.8 Å². The minimum absolute atomic E-state index is 0.0662. The van der Waals surface area contributed by atoms with Crippen LogP contribution in [0.1, 0.15) is 39.3 Å². The molecule has 1 fully saturated rings. The van der Waals surface area contributed by atoms with Gasteiger partial charge in [-0.1, -0.05) is 11.6 Å². The fourth-order valence-corrected chi connectivity index (χ4v) is 6.00. The number of ether oxygens (including phenoxy) is 3. The summed E-state index contributed by atoms with van der Waals surface area (Å²) >= 11 is 6.48. The van der Waals surface area contributed by atoms with Gasteiger partial charge in [0, 0.05) is 60.0 Å². The van der Waals surface area contributed by atoms with E-state index in [9.17, 15) is 14.7 Å². The average molecular weight is 646 g/mol. The summed E-state index contributed by atoms with van der Waals surface area (Å²) in [6, 6.07) is 13.5. The number of amides is 2. The van der Waals surface area contributed by atoms with Crippen molar-refractivity contribution < 1.29 is 28.9 Å². The van der Waals surface area contributed by atoms with Crippen molar-refractivity contribution in [3.8, 4) is 23.0 Å². The summed E-state index contributed by atoms with van der Waals surface area (Å²) in [5, 5.41) is 10.4. The van der Waals surface area contributed by atoms with Gasteiger partial charge in [0.15, 0.2) is 0 Å². The molecule has 11 nitrogen and oxygen atoms in total. The van der Waals surface area contributed by atoms with Crippen molar-refractivity contribution in [3.63, 3.8) is 0 Å². The van der Waals surface area contributed by atoms with Crippen LogP contribution in [0.3, 0.4) is 0 Å². The highest BCUT2D eigenvalue weighted by atomic mass is 35.5. The first-order chi connectivity index (χ1) is 22.3. The summed E-state index contributed by atoms with van der Waals surface area (Å²) < 4.78 is 19.0. The molecule has 4 aromatic rings. The largest absolute Gasteiger partial charge is 0.508 e. The maximum atomic E-state index is 14.4. The van der Waals surface area contributed by atoms with Crippen LogP contribution in [0.5, 0.6) is 11.8 Å². The quantitative estimate of drug-likeness (QED) is 0.292. The number of piperidine rings is 1. The molecule has 0 saturated carbocycles. The van der Waals surface area contributed by atoms with Gasteiger partial charge in [-0.3, -0.25) is 14.5 Å². The van der Waals surface area contributed by atoms with Crippen LogP contribution >= 0.6 is 11.6 Å². The van der Waals surface area contributed by atoms with Gasteiger partial charge in [-0.05, 0) is 74.2 Å². The van der Waals surface area contributed by atoms with E-state index in [1.807, 2.05) is 23.4 Å². The Morgan fingerprint density at radius 1 is 0.826 bits per heavy atom. The summed E-state index contributed by atoms with van der Waals surface area (Å²) in [5.41, 5.74) is 3.85. The average Bonchev–Trinajstić information content (AvgIpc) is 3.36. The minimum atomic E-state index is -0.343. The zero-order valence-corrected chi connectivity index (χ0v) is 26.6. The molecule has 240 valence electrons. The molecule has 46 heavy (non-hydrogen) atoms. The lowest BCUT2D eigenvalue weighted by molar-refractivity contribution is 0.0143. The normalized spacial score (nSPS) is 17.1. The van der Waals surface area contributed by atoms with Gasteiger partial charge in [-0.25, -0.2) is 9.97 Å². The number of phenolic OH excluding ortho intramolecular Hbond substituents is 1. The van der Waals surface area contributed by atoms with Crippen molar-refractivity contribution >= 4 is 34.8 Å². The van der Waals surface area contributed by atoms with Crippen molar-refractivity contribution in [1.82, 2.24) is 19.4 Å². The standard InChI is InChI=1S/C34H36ClN5O6/c1-22-29-18-31(38(22)2)30-17-24(35)3-8-28(30)32(42)39-11-9-23(10-12-39)21-45-14-13-44-15-16-46-34-36-19-26(20-37-34)40(33(29)43)25-4-6-27(41)7-5-25/h3-8,17-20,23,41H,9-16,21H2,1-2H3. The van der Waals surface area contributed by atoms with Gasteiger partial charge in [0.2, 0.25) is 0 Å². The summed E-state index contributed by atoms with van der Waals surface area (Å²) in [6.07, 6.45) is 4.71. The Kier molecular flexibility index (Phi) is 9.53. The number of carbonyl (C=O) groups is 2. The summed E-state index contributed by atoms with van der Waals surface area (Å²) in [4.78, 5) is 40.4. The second-order valence-electron chi connectivity index (χ2n) is 11.4. The molecular formula is C34H36ClN5O6. The lowest BCUT2D eigenvalue weighted by Gasteiger charge is -2.32. The molecule has 2 amide bonds. The Morgan fingerprint density at radius 2 is 1.52 bits per heavy atom. The van der Waals surface area contributed by atoms with Crippen LogP contribution in [0.4, 0.5) is 11.4 Å². The van der Waals surface area contributed by atoms with Crippen LogP contribution < -0.4 is 9.64 Å². The molecule has 0 radical (unpaired) electrons. The fourth-order valence-electron chi connectivity index (χ4n) is 5.83. The number of carbonyl (C=O) groups excluding carboxylic acids is 2. The number of aromatic nitrogens is 3. The fraction of sp³-hybridized carbons (Fsp3) is 0.353. The molecule has 0 unspecified atom stereocenters. The number of benzene rings is 2. The smallest absolute Gasteiger partial charge is 0.316 e. The molecule has 5 aliphatic heterocycles. The molecule has 0 aliphatic carbocycles. The van der Waals surface area contributed by atoms with E-state index in [1.165, 1.54) is 29.4 Å². The number of rotatable bonds is 1. The topological polar surface area (TPSA) is 119 Å². The van der Waals surface area contributed by atoms with Gasteiger partial charge in [-0.2, -0.15) is 0 Å². The lowest BCUT2D eigenvalue weighted by atomic mass is 9.96. The minimum Gasteiger partial charge on any atom is -0.508 e. The van der Waals surface area contributed by atoms with Crippen LogP contribution in [-0.2, 0) is 16.5 Å². The number of anilines is 2. The third kappa shape index (κ3) is 6.72. The van der Waals surface area contributed by atoms with Crippen molar-refractivity contribution in [2.24, 2.45) is 13.0 Å². The Labute approximate surface area is 272 Å². The molecular weight excluding hydrogens is 610 g/mol. The van der Waals surface area contributed by atoms with E-state index in [0.29, 0.717) is 89.9 Å². The van der Waals surface area contributed by atoms with Crippen molar-refractivity contribution in [2.75, 3.05) is 51.0 Å². The van der Waals surface area contributed by atoms with Gasteiger partial charge in [0.1, 0.15) is 12.4 Å². The summed E-state index contributed by atoms with van der Waals surface area (Å²) in [7, 11) is 1.86. The van der Waals surface area contributed by atoms with Crippen LogP contribution in [0.15, 0.2) is 60.9 Å². The van der Waals surface area contributed by atoms with Crippen molar-refractivity contribution in [2.45, 2.75) is 19.8 Å². The molecule has 12 heteroatoms. The number of nitrogens with zero attached hydrogens (tertiary/aromatic N) is 5. The highest BCUT2D eigenvalue weighted by molar-refractivity contribution is 6.31. The third-order valence-electron chi connectivity index (χ3n) is 8.52. The summed E-state index contributed by atoms with van der Waals surface area (Å²) in [5.74, 6) is 0.00925. The van der Waals surface area contributed by atoms with Gasteiger partial charge in [0.05, 0.1) is 43.5 Å². The van der Waals surface area contributed by atoms with Crippen LogP contribution in [-0.4, -0.2) is 82.5 Å². The van der Waals surface area contributed by atoms with E-state index in [-0.39, 0.29) is 30.2 Å². The highest BCUT2D eigenvalue weighted by Crippen LogP contribution is 2.35. The lowest BCUT2D eigenvalue weighted by Crippen LogP contribution is -2.39. The second kappa shape index (κ2) is 13.9. The highest BCUT2D eigenvalue weighted by Gasteiger charge is 2.29. The molecule has 6 bridgehead atoms. The molecule has 5 aliphatic rings. The predicted molar refractivity (Wildman–Crippen MR) is 173 cm³/mol. The van der Waals surface area contributed by atoms with Crippen LogP contribution in [0, 0.1) is 12.8 Å². The third-order valence-corrected chi connectivity index (χ3v) is 8.76. The zero-order valence-electron chi connectivity index (χ0n) is 25.8. The van der Waals surface area contributed by atoms with E-state index >= 15 is 0 Å². The molecule has 0 atom stereocenters. The van der Waals surface area contributed by atoms with Crippen molar-refractivity contribution in [3.05, 3.63) is 82.8 Å². The van der Waals surface area contributed by atoms with Crippen LogP contribution in [0.25, 0.3) is 11.3 Å². The monoisotopic (exact) mass is 645 g/mol. The van der Waals surface area contributed by atoms with Crippen LogP contribution in [0.2, 0.25) is 5.02 Å². The molecule has 2 aromatic carbocycles. The molecule has 1 N–H and O–H groups in total. The number of hydrogen-bond donors (Lipinski definition) is 1. The molecule has 2 aromatic heterocycles. The Hall–Kier alpha value is -4.45. The van der Waals surface area contributed by atoms with Gasteiger partial charge >= 0.3 is 6.01 Å². The number of phenols is 1. The summed E-state index contributed by atoms with van der Waals surface area (Å²) in [6.45, 7) is 5.23. The number of halogens is 1. The second-order valence-corrected chi connectivity index (χ2v) is 11.9. The van der Waals surface area contributed by atoms with E-state index in [0.717, 1.165) is 12.8 Å².